The second-order valence-corrected chi connectivity index (χ2v) is 23.4. The van der Waals surface area contributed by atoms with E-state index in [9.17, 15) is 69.0 Å². The number of aliphatic hydroxyl groups is 5. The van der Waals surface area contributed by atoms with E-state index in [1.54, 1.807) is 0 Å². The molecule has 0 radical (unpaired) electrons. The molecule has 0 aliphatic carbocycles. The van der Waals surface area contributed by atoms with E-state index in [1.165, 1.54) is 122 Å². The Hall–Kier alpha value is -4.60. The van der Waals surface area contributed by atoms with E-state index in [1.807, 2.05) is 0 Å². The molecule has 25 heteroatoms. The minimum absolute atomic E-state index is 0.0316. The molecule has 2 aliphatic rings. The molecule has 0 aromatic heterocycles. The van der Waals surface area contributed by atoms with Crippen LogP contribution < -0.4 is 37.6 Å². The number of carbonyl (C=O) groups is 8. The van der Waals surface area contributed by atoms with Crippen molar-refractivity contribution in [3.63, 3.8) is 0 Å². The molecular formula is C61H111N7O18. The number of nitrogens with one attached hydrogen (secondary N) is 6. The fourth-order valence-corrected chi connectivity index (χ4v) is 11.0. The van der Waals surface area contributed by atoms with Crippen LogP contribution in [0, 0.1) is 5.92 Å². The molecule has 2 fully saturated rings. The molecule has 0 aromatic rings. The van der Waals surface area contributed by atoms with Gasteiger partial charge >= 0.3 is 5.97 Å². The van der Waals surface area contributed by atoms with Crippen LogP contribution in [0.2, 0.25) is 0 Å². The summed E-state index contributed by atoms with van der Waals surface area (Å²) in [5.41, 5.74) is 5.61. The van der Waals surface area contributed by atoms with Crippen LogP contribution in [0.15, 0.2) is 0 Å². The van der Waals surface area contributed by atoms with Gasteiger partial charge in [0.25, 0.3) is 0 Å². The Bertz CT molecular complexity index is 1930. The maximum absolute atomic E-state index is 13.5. The molecule has 498 valence electrons. The lowest BCUT2D eigenvalue weighted by Gasteiger charge is -2.48. The summed E-state index contributed by atoms with van der Waals surface area (Å²) in [5, 5.41) is 77.7. The Balaban J connectivity index is 1.96. The number of hydrogen-bond acceptors (Lipinski definition) is 17. The number of aliphatic hydroxyl groups excluding tert-OH is 5. The van der Waals surface area contributed by atoms with Crippen molar-refractivity contribution in [3.05, 3.63) is 0 Å². The van der Waals surface area contributed by atoms with Gasteiger partial charge in [-0.2, -0.15) is 0 Å². The number of rotatable bonds is 49. The lowest BCUT2D eigenvalue weighted by molar-refractivity contribution is -0.331. The smallest absolute Gasteiger partial charge is 0.326 e. The summed E-state index contributed by atoms with van der Waals surface area (Å²) in [4.78, 5) is 103. The van der Waals surface area contributed by atoms with Gasteiger partial charge in [-0.15, -0.1) is 0 Å². The van der Waals surface area contributed by atoms with Gasteiger partial charge in [-0.05, 0) is 44.9 Å². The fourth-order valence-electron chi connectivity index (χ4n) is 11.0. The monoisotopic (exact) mass is 1230 g/mol. The second kappa shape index (κ2) is 45.6. The Morgan fingerprint density at radius 3 is 1.49 bits per heavy atom. The van der Waals surface area contributed by atoms with Gasteiger partial charge in [-0.3, -0.25) is 33.6 Å². The zero-order valence-electron chi connectivity index (χ0n) is 52.3. The van der Waals surface area contributed by atoms with Gasteiger partial charge < -0.3 is 87.2 Å². The largest absolute Gasteiger partial charge is 0.480 e. The molecule has 0 bridgehead atoms. The maximum Gasteiger partial charge on any atom is 0.326 e. The Kier molecular flexibility index (Phi) is 41.1. The number of carbonyl (C=O) groups excluding carboxylic acids is 7. The molecule has 14 N–H and O–H groups in total. The highest BCUT2D eigenvalue weighted by molar-refractivity contribution is 5.92. The van der Waals surface area contributed by atoms with Gasteiger partial charge in [0.15, 0.2) is 12.6 Å². The van der Waals surface area contributed by atoms with Gasteiger partial charge in [0.05, 0.1) is 13.2 Å². The third-order valence-electron chi connectivity index (χ3n) is 16.1. The van der Waals surface area contributed by atoms with Crippen LogP contribution in [0.4, 0.5) is 0 Å². The molecular weight excluding hydrogens is 1120 g/mol. The highest BCUT2D eigenvalue weighted by Gasteiger charge is 2.52. The Labute approximate surface area is 510 Å². The van der Waals surface area contributed by atoms with Crippen LogP contribution >= 0.6 is 0 Å². The average molecular weight is 1230 g/mol. The first-order valence-corrected chi connectivity index (χ1v) is 32.3. The van der Waals surface area contributed by atoms with Crippen molar-refractivity contribution in [2.24, 2.45) is 11.7 Å². The summed E-state index contributed by atoms with van der Waals surface area (Å²) in [6.07, 6.45) is 16.0. The van der Waals surface area contributed by atoms with Crippen molar-refractivity contribution >= 4 is 47.3 Å². The molecule has 0 saturated carbocycles. The number of hydrogen-bond donors (Lipinski definition) is 13. The summed E-state index contributed by atoms with van der Waals surface area (Å²) in [6, 6.07) is -7.00. The van der Waals surface area contributed by atoms with Crippen LogP contribution in [0.3, 0.4) is 0 Å². The molecule has 86 heavy (non-hydrogen) atoms. The zero-order valence-corrected chi connectivity index (χ0v) is 52.3. The topological polar surface area (TPSA) is 393 Å². The van der Waals surface area contributed by atoms with E-state index in [0.29, 0.717) is 19.4 Å². The van der Waals surface area contributed by atoms with Crippen molar-refractivity contribution in [2.45, 2.75) is 307 Å². The van der Waals surface area contributed by atoms with E-state index < -0.39 is 147 Å². The van der Waals surface area contributed by atoms with E-state index in [2.05, 4.69) is 45.7 Å². The summed E-state index contributed by atoms with van der Waals surface area (Å²) in [6.45, 7) is 6.03. The zero-order chi connectivity index (χ0) is 63.8. The summed E-state index contributed by atoms with van der Waals surface area (Å²) < 4.78 is 23.2. The molecule has 2 saturated heterocycles. The maximum atomic E-state index is 13.5. The van der Waals surface area contributed by atoms with Gasteiger partial charge in [0.2, 0.25) is 41.4 Å². The van der Waals surface area contributed by atoms with Gasteiger partial charge in [-0.1, -0.05) is 162 Å². The first-order valence-electron chi connectivity index (χ1n) is 32.3. The molecule has 2 rings (SSSR count). The lowest BCUT2D eigenvalue weighted by atomic mass is 9.93. The summed E-state index contributed by atoms with van der Waals surface area (Å²) >= 11 is 0. The molecule has 13 atom stereocenters. The van der Waals surface area contributed by atoms with Crippen molar-refractivity contribution in [2.75, 3.05) is 26.4 Å². The molecule has 7 amide bonds. The van der Waals surface area contributed by atoms with Crippen molar-refractivity contribution in [3.8, 4) is 0 Å². The summed E-state index contributed by atoms with van der Waals surface area (Å²) in [5.74, 6) is -6.25. The predicted molar refractivity (Wildman–Crippen MR) is 320 cm³/mol. The molecule has 13 unspecified atom stereocenters. The number of nitrogens with two attached hydrogens (primary N) is 1. The van der Waals surface area contributed by atoms with E-state index >= 15 is 0 Å². The van der Waals surface area contributed by atoms with Crippen LogP contribution in [-0.4, -0.2) is 184 Å². The van der Waals surface area contributed by atoms with Gasteiger partial charge in [-0.25, -0.2) is 4.79 Å². The molecule has 2 aliphatic heterocycles. The predicted octanol–water partition coefficient (Wildman–Crippen LogP) is 3.43. The SMILES string of the molecule is CCCCCCCCCCCCCC(CCCCCCCCCCCCC)C(=O)NCCCCC(NC(=O)CCC(NC(=O)C(CC)NC(=O)COC1C(NC(C)=O)C(O)OC(CO)C1OC1OC(CO)C(O)C(O)C1NC(C)=O)C(N)=O)C(=O)O. The normalized spacial score (nSPS) is 23.2. The van der Waals surface area contributed by atoms with E-state index in [4.69, 9.17) is 24.7 Å². The number of unbranched alkanes of at least 4 members (excludes halogenated alkanes) is 21. The highest BCUT2D eigenvalue weighted by atomic mass is 16.7. The standard InChI is InChI=1S/C61H111N7O18/c1-6-9-11-13-15-17-19-21-23-25-27-31-42(32-28-26-24-22-20-18-16-14-12-10-7-2)57(78)63-36-30-29-33-45(59(80)81)67-48(73)35-34-44(56(62)77)68-58(79)43(8-3)66-49(74)39-83-55-51(65-41(5)72)60(82)84-47(38-70)54(55)86-61-50(64-40(4)71)53(76)52(75)46(37-69)85-61/h42-47,50-55,60-61,69-70,75-76,82H,6-39H2,1-5H3,(H2,62,77)(H,63,78)(H,64,71)(H,65,72)(H,66,74)(H,67,73)(H,68,79)(H,80,81). The third-order valence-corrected chi connectivity index (χ3v) is 16.1. The number of carboxylic acids is 1. The van der Waals surface area contributed by atoms with Crippen LogP contribution in [0.1, 0.15) is 227 Å². The van der Waals surface area contributed by atoms with Gasteiger partial charge in [0, 0.05) is 32.7 Å². The molecule has 0 spiro atoms. The quantitative estimate of drug-likeness (QED) is 0.0388. The van der Waals surface area contributed by atoms with Crippen LogP contribution in [0.25, 0.3) is 0 Å². The Morgan fingerprint density at radius 1 is 0.523 bits per heavy atom. The van der Waals surface area contributed by atoms with E-state index in [0.717, 1.165) is 52.4 Å². The number of carboxylic acid groups (broad SMARTS) is 1. The summed E-state index contributed by atoms with van der Waals surface area (Å²) in [7, 11) is 0. The average Bonchev–Trinajstić information content (AvgIpc) is 2.16. The minimum Gasteiger partial charge on any atom is -0.480 e. The second-order valence-electron chi connectivity index (χ2n) is 23.4. The first-order chi connectivity index (χ1) is 41.2. The van der Waals surface area contributed by atoms with Gasteiger partial charge in [0.1, 0.15) is 73.4 Å². The van der Waals surface area contributed by atoms with Crippen molar-refractivity contribution in [1.82, 2.24) is 31.9 Å². The van der Waals surface area contributed by atoms with Crippen molar-refractivity contribution < 1.29 is 87.9 Å². The van der Waals surface area contributed by atoms with E-state index in [-0.39, 0.29) is 31.1 Å². The molecule has 25 nitrogen and oxygen atoms in total. The lowest BCUT2D eigenvalue weighted by Crippen LogP contribution is -2.69. The van der Waals surface area contributed by atoms with Crippen LogP contribution in [-0.2, 0) is 57.3 Å². The first kappa shape index (κ1) is 77.5. The highest BCUT2D eigenvalue weighted by Crippen LogP contribution is 2.31. The number of amides is 7. The molecule has 2 heterocycles. The number of ether oxygens (including phenoxy) is 4. The number of primary amides is 1. The Morgan fingerprint density at radius 2 is 1.01 bits per heavy atom. The third kappa shape index (κ3) is 31.0. The van der Waals surface area contributed by atoms with Crippen LogP contribution in [0.5, 0.6) is 0 Å². The molecule has 0 aromatic carbocycles. The minimum atomic E-state index is -1.86. The fraction of sp³-hybridized carbons (Fsp3) is 0.869. The van der Waals surface area contributed by atoms with Crippen molar-refractivity contribution in [1.29, 1.82) is 0 Å². The number of aliphatic carboxylic acids is 1.